The number of nitrogens with zero attached hydrogens (tertiary/aromatic N) is 1. The van der Waals surface area contributed by atoms with Crippen molar-refractivity contribution in [3.05, 3.63) is 36.4 Å². The highest BCUT2D eigenvalue weighted by Crippen LogP contribution is 2.22. The Balaban J connectivity index is 2.28. The van der Waals surface area contributed by atoms with Gasteiger partial charge in [-0.1, -0.05) is 0 Å². The molecule has 1 heterocycles. The Morgan fingerprint density at radius 1 is 1.28 bits per heavy atom. The van der Waals surface area contributed by atoms with E-state index in [1.165, 1.54) is 6.26 Å². The van der Waals surface area contributed by atoms with Crippen LogP contribution in [0.5, 0.6) is 0 Å². The molecule has 96 valence electrons. The van der Waals surface area contributed by atoms with E-state index in [-0.39, 0.29) is 0 Å². The highest BCUT2D eigenvalue weighted by Gasteiger charge is 2.09. The lowest BCUT2D eigenvalue weighted by molar-refractivity contribution is 0.491. The van der Waals surface area contributed by atoms with Crippen LogP contribution in [0.25, 0.3) is 11.3 Å². The lowest BCUT2D eigenvalue weighted by Gasteiger charge is -1.99. The maximum atomic E-state index is 11.3. The molecule has 1 aromatic carbocycles. The minimum Gasteiger partial charge on any atom is -0.439 e. The first-order valence-electron chi connectivity index (χ1n) is 5.40. The van der Waals surface area contributed by atoms with Crippen LogP contribution in [-0.2, 0) is 16.4 Å². The summed E-state index contributed by atoms with van der Waals surface area (Å²) < 4.78 is 28.2. The summed E-state index contributed by atoms with van der Waals surface area (Å²) in [6.07, 6.45) is 2.81. The van der Waals surface area contributed by atoms with Gasteiger partial charge in [-0.15, -0.1) is 0 Å². The number of hydrogen-bond donors (Lipinski definition) is 1. The molecule has 0 aliphatic rings. The molecule has 0 atom stereocenters. The summed E-state index contributed by atoms with van der Waals surface area (Å²) in [6.45, 7) is 0.557. The molecule has 5 nitrogen and oxygen atoms in total. The summed E-state index contributed by atoms with van der Waals surface area (Å²) in [6, 6.07) is 6.54. The number of aromatic nitrogens is 1. The van der Waals surface area contributed by atoms with Gasteiger partial charge in [0.15, 0.2) is 15.6 Å². The van der Waals surface area contributed by atoms with E-state index in [0.29, 0.717) is 23.1 Å². The summed E-state index contributed by atoms with van der Waals surface area (Å²) >= 11 is 0. The van der Waals surface area contributed by atoms with Crippen molar-refractivity contribution < 1.29 is 12.8 Å². The summed E-state index contributed by atoms with van der Waals surface area (Å²) in [7, 11) is -1.35. The van der Waals surface area contributed by atoms with Crippen molar-refractivity contribution in [2.45, 2.75) is 11.4 Å². The third-order valence-electron chi connectivity index (χ3n) is 2.45. The van der Waals surface area contributed by atoms with Crippen molar-refractivity contribution in [3.63, 3.8) is 0 Å². The summed E-state index contributed by atoms with van der Waals surface area (Å²) in [5, 5.41) is 2.94. The summed E-state index contributed by atoms with van der Waals surface area (Å²) in [5.74, 6) is 1.22. The van der Waals surface area contributed by atoms with Gasteiger partial charge in [0.2, 0.25) is 5.89 Å². The fraction of sp³-hybridized carbons (Fsp3) is 0.250. The lowest BCUT2D eigenvalue weighted by Crippen LogP contribution is -2.04. The molecule has 0 aliphatic carbocycles. The second-order valence-corrected chi connectivity index (χ2v) is 5.96. The minimum atomic E-state index is -3.16. The first-order chi connectivity index (χ1) is 8.50. The van der Waals surface area contributed by atoms with Crippen molar-refractivity contribution in [2.24, 2.45) is 0 Å². The summed E-state index contributed by atoms with van der Waals surface area (Å²) in [5.41, 5.74) is 0.803. The van der Waals surface area contributed by atoms with Crippen LogP contribution in [0.2, 0.25) is 0 Å². The molecular formula is C12H14N2O3S. The predicted octanol–water partition coefficient (Wildman–Crippen LogP) is 1.46. The maximum absolute atomic E-state index is 11.3. The molecule has 1 aromatic heterocycles. The zero-order chi connectivity index (χ0) is 13.2. The smallest absolute Gasteiger partial charge is 0.208 e. The molecule has 1 N–H and O–H groups in total. The highest BCUT2D eigenvalue weighted by atomic mass is 32.2. The van der Waals surface area contributed by atoms with Gasteiger partial charge in [0.1, 0.15) is 0 Å². The molecule has 6 heteroatoms. The van der Waals surface area contributed by atoms with Crippen molar-refractivity contribution in [2.75, 3.05) is 13.3 Å². The van der Waals surface area contributed by atoms with Crippen LogP contribution in [0.4, 0.5) is 0 Å². The van der Waals surface area contributed by atoms with Crippen LogP contribution in [0.15, 0.2) is 39.8 Å². The maximum Gasteiger partial charge on any atom is 0.208 e. The van der Waals surface area contributed by atoms with Gasteiger partial charge in [0.25, 0.3) is 0 Å². The van der Waals surface area contributed by atoms with E-state index in [1.54, 1.807) is 30.5 Å². The Bertz CT molecular complexity index is 630. The van der Waals surface area contributed by atoms with E-state index >= 15 is 0 Å². The van der Waals surface area contributed by atoms with Gasteiger partial charge in [0.05, 0.1) is 17.6 Å². The van der Waals surface area contributed by atoms with Crippen molar-refractivity contribution in [3.8, 4) is 11.3 Å². The molecule has 0 amide bonds. The Morgan fingerprint density at radius 2 is 1.94 bits per heavy atom. The van der Waals surface area contributed by atoms with E-state index < -0.39 is 9.84 Å². The Kier molecular flexibility index (Phi) is 3.49. The van der Waals surface area contributed by atoms with Gasteiger partial charge in [-0.05, 0) is 31.3 Å². The van der Waals surface area contributed by atoms with Crippen LogP contribution >= 0.6 is 0 Å². The molecule has 0 saturated carbocycles. The average molecular weight is 266 g/mol. The fourth-order valence-corrected chi connectivity index (χ4v) is 2.17. The Labute approximate surface area is 106 Å². The van der Waals surface area contributed by atoms with Crippen LogP contribution in [0.1, 0.15) is 5.89 Å². The third-order valence-corrected chi connectivity index (χ3v) is 3.58. The van der Waals surface area contributed by atoms with E-state index in [2.05, 4.69) is 10.3 Å². The molecule has 0 fully saturated rings. The van der Waals surface area contributed by atoms with Crippen LogP contribution in [-0.4, -0.2) is 26.7 Å². The number of oxazole rings is 1. The second-order valence-electron chi connectivity index (χ2n) is 3.95. The molecule has 0 bridgehead atoms. The zero-order valence-corrected chi connectivity index (χ0v) is 11.0. The van der Waals surface area contributed by atoms with Gasteiger partial charge in [-0.3, -0.25) is 0 Å². The van der Waals surface area contributed by atoms with Crippen LogP contribution in [0.3, 0.4) is 0 Å². The number of rotatable bonds is 4. The molecule has 2 aromatic rings. The van der Waals surface area contributed by atoms with Gasteiger partial charge < -0.3 is 9.73 Å². The molecule has 18 heavy (non-hydrogen) atoms. The molecule has 0 radical (unpaired) electrons. The van der Waals surface area contributed by atoms with E-state index in [1.807, 2.05) is 7.05 Å². The second kappa shape index (κ2) is 4.91. The normalized spacial score (nSPS) is 11.7. The van der Waals surface area contributed by atoms with Gasteiger partial charge in [0, 0.05) is 11.8 Å². The Morgan fingerprint density at radius 3 is 2.50 bits per heavy atom. The lowest BCUT2D eigenvalue weighted by atomic mass is 10.2. The minimum absolute atomic E-state index is 0.293. The first-order valence-corrected chi connectivity index (χ1v) is 7.29. The number of hydrogen-bond acceptors (Lipinski definition) is 5. The highest BCUT2D eigenvalue weighted by molar-refractivity contribution is 7.90. The van der Waals surface area contributed by atoms with Crippen molar-refractivity contribution in [1.29, 1.82) is 0 Å². The predicted molar refractivity (Wildman–Crippen MR) is 67.8 cm³/mol. The molecule has 0 unspecified atom stereocenters. The molecule has 2 rings (SSSR count). The summed E-state index contributed by atoms with van der Waals surface area (Å²) in [4.78, 5) is 4.40. The zero-order valence-electron chi connectivity index (χ0n) is 10.2. The topological polar surface area (TPSA) is 72.2 Å². The third kappa shape index (κ3) is 2.77. The largest absolute Gasteiger partial charge is 0.439 e. The number of nitrogens with one attached hydrogen (secondary N) is 1. The Hall–Kier alpha value is -1.66. The average Bonchev–Trinajstić information content (AvgIpc) is 2.77. The van der Waals surface area contributed by atoms with Crippen LogP contribution < -0.4 is 5.32 Å². The fourth-order valence-electron chi connectivity index (χ4n) is 1.54. The molecule has 0 aliphatic heterocycles. The van der Waals surface area contributed by atoms with E-state index in [9.17, 15) is 8.42 Å². The van der Waals surface area contributed by atoms with Gasteiger partial charge >= 0.3 is 0 Å². The van der Waals surface area contributed by atoms with Crippen molar-refractivity contribution >= 4 is 9.84 Å². The SMILES string of the molecule is CNCc1ncc(-c2ccc(S(C)(=O)=O)cc2)o1. The quantitative estimate of drug-likeness (QED) is 0.907. The monoisotopic (exact) mass is 266 g/mol. The van der Waals surface area contributed by atoms with Gasteiger partial charge in [-0.2, -0.15) is 0 Å². The number of sulfone groups is 1. The molecule has 0 saturated heterocycles. The van der Waals surface area contributed by atoms with E-state index in [4.69, 9.17) is 4.42 Å². The molecule has 0 spiro atoms. The van der Waals surface area contributed by atoms with Gasteiger partial charge in [-0.25, -0.2) is 13.4 Å². The van der Waals surface area contributed by atoms with Crippen LogP contribution in [0, 0.1) is 0 Å². The first kappa shape index (κ1) is 12.8. The van der Waals surface area contributed by atoms with E-state index in [0.717, 1.165) is 5.56 Å². The molecular weight excluding hydrogens is 252 g/mol. The number of benzene rings is 1. The van der Waals surface area contributed by atoms with Crippen molar-refractivity contribution in [1.82, 2.24) is 10.3 Å². The standard InChI is InChI=1S/C12H14N2O3S/c1-13-8-12-14-7-11(17-12)9-3-5-10(6-4-9)18(2,15)16/h3-7,13H,8H2,1-2H3.